The van der Waals surface area contributed by atoms with Crippen LogP contribution >= 0.6 is 0 Å². The standard InChI is InChI=1S/C13H18N2O3/c1-10(13(17)18)9-12(16)15(2)8-5-11-3-6-14-7-4-11/h3-4,6-7,10H,5,8-9H2,1-2H3,(H,17,18). The smallest absolute Gasteiger partial charge is 0.306 e. The number of carboxylic acid groups (broad SMARTS) is 1. The Morgan fingerprint density at radius 3 is 2.56 bits per heavy atom. The number of aliphatic carboxylic acids is 1. The summed E-state index contributed by atoms with van der Waals surface area (Å²) in [6.07, 6.45) is 4.21. The molecule has 0 aliphatic heterocycles. The molecule has 0 aliphatic carbocycles. The van der Waals surface area contributed by atoms with Crippen LogP contribution in [0.5, 0.6) is 0 Å². The first-order chi connectivity index (χ1) is 8.50. The third-order valence-corrected chi connectivity index (χ3v) is 2.81. The molecule has 0 spiro atoms. The number of rotatable bonds is 6. The SMILES string of the molecule is CC(CC(=O)N(C)CCc1ccncc1)C(=O)O. The Morgan fingerprint density at radius 1 is 1.39 bits per heavy atom. The Kier molecular flexibility index (Phi) is 5.30. The van der Waals surface area contributed by atoms with E-state index in [4.69, 9.17) is 5.11 Å². The Labute approximate surface area is 106 Å². The van der Waals surface area contributed by atoms with Crippen LogP contribution in [0.3, 0.4) is 0 Å². The Bertz CT molecular complexity index is 406. The lowest BCUT2D eigenvalue weighted by Gasteiger charge is -2.18. The molecule has 0 bridgehead atoms. The molecular weight excluding hydrogens is 232 g/mol. The van der Waals surface area contributed by atoms with Gasteiger partial charge in [0.2, 0.25) is 5.91 Å². The van der Waals surface area contributed by atoms with Crippen molar-refractivity contribution in [2.45, 2.75) is 19.8 Å². The summed E-state index contributed by atoms with van der Waals surface area (Å²) in [4.78, 5) is 27.9. The van der Waals surface area contributed by atoms with Crippen LogP contribution in [0.4, 0.5) is 0 Å². The second-order valence-electron chi connectivity index (χ2n) is 4.36. The van der Waals surface area contributed by atoms with Gasteiger partial charge in [0.1, 0.15) is 0 Å². The van der Waals surface area contributed by atoms with Crippen molar-refractivity contribution in [3.05, 3.63) is 30.1 Å². The zero-order chi connectivity index (χ0) is 13.5. The van der Waals surface area contributed by atoms with E-state index < -0.39 is 11.9 Å². The molecule has 1 atom stereocenters. The van der Waals surface area contributed by atoms with Gasteiger partial charge < -0.3 is 10.0 Å². The van der Waals surface area contributed by atoms with Gasteiger partial charge in [-0.3, -0.25) is 14.6 Å². The van der Waals surface area contributed by atoms with Gasteiger partial charge in [0.05, 0.1) is 5.92 Å². The number of likely N-dealkylation sites (N-methyl/N-ethyl adjacent to an activating group) is 1. The summed E-state index contributed by atoms with van der Waals surface area (Å²) in [7, 11) is 1.69. The summed E-state index contributed by atoms with van der Waals surface area (Å²) in [5.41, 5.74) is 1.11. The van der Waals surface area contributed by atoms with Gasteiger partial charge in [-0.05, 0) is 24.1 Å². The fourth-order valence-corrected chi connectivity index (χ4v) is 1.48. The van der Waals surface area contributed by atoms with Crippen LogP contribution in [0.2, 0.25) is 0 Å². The van der Waals surface area contributed by atoms with Crippen LogP contribution in [0.25, 0.3) is 0 Å². The van der Waals surface area contributed by atoms with Gasteiger partial charge in [-0.25, -0.2) is 0 Å². The maximum atomic E-state index is 11.7. The van der Waals surface area contributed by atoms with Gasteiger partial charge in [-0.1, -0.05) is 6.92 Å². The minimum absolute atomic E-state index is 0.0438. The van der Waals surface area contributed by atoms with E-state index >= 15 is 0 Å². The molecule has 1 N–H and O–H groups in total. The van der Waals surface area contributed by atoms with Gasteiger partial charge in [0, 0.05) is 32.4 Å². The van der Waals surface area contributed by atoms with Crippen molar-refractivity contribution in [1.29, 1.82) is 0 Å². The summed E-state index contributed by atoms with van der Waals surface area (Å²) in [6.45, 7) is 2.12. The molecule has 1 heterocycles. The minimum Gasteiger partial charge on any atom is -0.481 e. The highest BCUT2D eigenvalue weighted by atomic mass is 16.4. The average molecular weight is 250 g/mol. The first-order valence-corrected chi connectivity index (χ1v) is 5.86. The Balaban J connectivity index is 2.39. The summed E-state index contributed by atoms with van der Waals surface area (Å²) in [5.74, 6) is -1.72. The molecule has 0 aromatic carbocycles. The summed E-state index contributed by atoms with van der Waals surface area (Å²) in [5, 5.41) is 8.74. The number of hydrogen-bond donors (Lipinski definition) is 1. The van der Waals surface area contributed by atoms with Crippen LogP contribution in [0.15, 0.2) is 24.5 Å². The molecular formula is C13H18N2O3. The van der Waals surface area contributed by atoms with Crippen molar-refractivity contribution in [3.8, 4) is 0 Å². The molecule has 18 heavy (non-hydrogen) atoms. The summed E-state index contributed by atoms with van der Waals surface area (Å²) in [6, 6.07) is 3.80. The highest BCUT2D eigenvalue weighted by Crippen LogP contribution is 2.06. The summed E-state index contributed by atoms with van der Waals surface area (Å²) >= 11 is 0. The van der Waals surface area contributed by atoms with Crippen LogP contribution in [-0.2, 0) is 16.0 Å². The number of pyridine rings is 1. The van der Waals surface area contributed by atoms with Crippen molar-refractivity contribution >= 4 is 11.9 Å². The predicted octanol–water partition coefficient (Wildman–Crippen LogP) is 1.19. The largest absolute Gasteiger partial charge is 0.481 e. The van der Waals surface area contributed by atoms with Crippen molar-refractivity contribution in [2.24, 2.45) is 5.92 Å². The van der Waals surface area contributed by atoms with E-state index in [9.17, 15) is 9.59 Å². The fourth-order valence-electron chi connectivity index (χ4n) is 1.48. The highest BCUT2D eigenvalue weighted by molar-refractivity contribution is 5.81. The fraction of sp³-hybridized carbons (Fsp3) is 0.462. The highest BCUT2D eigenvalue weighted by Gasteiger charge is 2.18. The van der Waals surface area contributed by atoms with Gasteiger partial charge in [-0.15, -0.1) is 0 Å². The van der Waals surface area contributed by atoms with Gasteiger partial charge >= 0.3 is 5.97 Å². The number of carbonyl (C=O) groups is 2. The van der Waals surface area contributed by atoms with Crippen LogP contribution in [0.1, 0.15) is 18.9 Å². The molecule has 1 rings (SSSR count). The van der Waals surface area contributed by atoms with Crippen LogP contribution < -0.4 is 0 Å². The number of carboxylic acids is 1. The lowest BCUT2D eigenvalue weighted by molar-refractivity contribution is -0.144. The Morgan fingerprint density at radius 2 is 2.00 bits per heavy atom. The topological polar surface area (TPSA) is 70.5 Å². The van der Waals surface area contributed by atoms with E-state index in [0.29, 0.717) is 6.54 Å². The quantitative estimate of drug-likeness (QED) is 0.823. The molecule has 5 heteroatoms. The van der Waals surface area contributed by atoms with Crippen molar-refractivity contribution in [3.63, 3.8) is 0 Å². The second kappa shape index (κ2) is 6.74. The van der Waals surface area contributed by atoms with Gasteiger partial charge in [0.25, 0.3) is 0 Å². The molecule has 1 aromatic rings. The van der Waals surface area contributed by atoms with Crippen molar-refractivity contribution in [2.75, 3.05) is 13.6 Å². The molecule has 0 aliphatic rings. The third kappa shape index (κ3) is 4.53. The van der Waals surface area contributed by atoms with E-state index in [1.807, 2.05) is 12.1 Å². The number of amides is 1. The molecule has 1 unspecified atom stereocenters. The molecule has 1 aromatic heterocycles. The lowest BCUT2D eigenvalue weighted by atomic mass is 10.1. The van der Waals surface area contributed by atoms with Crippen molar-refractivity contribution in [1.82, 2.24) is 9.88 Å². The first-order valence-electron chi connectivity index (χ1n) is 5.86. The lowest BCUT2D eigenvalue weighted by Crippen LogP contribution is -2.31. The molecule has 1 amide bonds. The molecule has 0 saturated heterocycles. The monoisotopic (exact) mass is 250 g/mol. The second-order valence-corrected chi connectivity index (χ2v) is 4.36. The van der Waals surface area contributed by atoms with E-state index in [2.05, 4.69) is 4.98 Å². The zero-order valence-electron chi connectivity index (χ0n) is 10.7. The first kappa shape index (κ1) is 14.2. The van der Waals surface area contributed by atoms with E-state index in [1.54, 1.807) is 24.3 Å². The average Bonchev–Trinajstić information content (AvgIpc) is 2.36. The molecule has 0 radical (unpaired) electrons. The number of nitrogens with zero attached hydrogens (tertiary/aromatic N) is 2. The molecule has 98 valence electrons. The number of hydrogen-bond acceptors (Lipinski definition) is 3. The van der Waals surface area contributed by atoms with E-state index in [-0.39, 0.29) is 12.3 Å². The maximum Gasteiger partial charge on any atom is 0.306 e. The zero-order valence-corrected chi connectivity index (χ0v) is 10.7. The molecule has 0 saturated carbocycles. The minimum atomic E-state index is -0.939. The third-order valence-electron chi connectivity index (χ3n) is 2.81. The van der Waals surface area contributed by atoms with Crippen molar-refractivity contribution < 1.29 is 14.7 Å². The Hall–Kier alpha value is -1.91. The predicted molar refractivity (Wildman–Crippen MR) is 67.0 cm³/mol. The normalized spacial score (nSPS) is 11.9. The number of carbonyl (C=O) groups excluding carboxylic acids is 1. The van der Waals surface area contributed by atoms with Gasteiger partial charge in [-0.2, -0.15) is 0 Å². The van der Waals surface area contributed by atoms with E-state index in [0.717, 1.165) is 12.0 Å². The molecule has 0 fully saturated rings. The van der Waals surface area contributed by atoms with E-state index in [1.165, 1.54) is 6.92 Å². The van der Waals surface area contributed by atoms with Crippen LogP contribution in [0, 0.1) is 5.92 Å². The molecule has 5 nitrogen and oxygen atoms in total. The summed E-state index contributed by atoms with van der Waals surface area (Å²) < 4.78 is 0. The van der Waals surface area contributed by atoms with Gasteiger partial charge in [0.15, 0.2) is 0 Å². The maximum absolute atomic E-state index is 11.7. The number of aromatic nitrogens is 1. The van der Waals surface area contributed by atoms with Crippen LogP contribution in [-0.4, -0.2) is 40.5 Å².